The summed E-state index contributed by atoms with van der Waals surface area (Å²) in [5, 5.41) is 13.2. The van der Waals surface area contributed by atoms with E-state index in [4.69, 9.17) is 4.74 Å². The highest BCUT2D eigenvalue weighted by Crippen LogP contribution is 2.24. The molecular formula is C19H28N2O3. The highest BCUT2D eigenvalue weighted by atomic mass is 16.5. The number of aliphatic hydroxyl groups excluding tert-OH is 1. The molecule has 1 unspecified atom stereocenters. The Morgan fingerprint density at radius 1 is 1.17 bits per heavy atom. The summed E-state index contributed by atoms with van der Waals surface area (Å²) in [4.78, 5) is 14.4. The first-order chi connectivity index (χ1) is 11.7. The van der Waals surface area contributed by atoms with E-state index in [0.717, 1.165) is 63.2 Å². The van der Waals surface area contributed by atoms with Crippen molar-refractivity contribution in [3.8, 4) is 0 Å². The molecule has 0 bridgehead atoms. The van der Waals surface area contributed by atoms with Crippen LogP contribution in [-0.2, 0) is 9.53 Å². The Labute approximate surface area is 144 Å². The number of benzene rings is 1. The van der Waals surface area contributed by atoms with Gasteiger partial charge in [0, 0.05) is 31.2 Å². The molecule has 1 heterocycles. The number of anilines is 1. The van der Waals surface area contributed by atoms with Crippen LogP contribution in [0, 0.1) is 5.92 Å². The molecule has 1 amide bonds. The number of hydrogen-bond donors (Lipinski definition) is 2. The topological polar surface area (TPSA) is 61.8 Å². The summed E-state index contributed by atoms with van der Waals surface area (Å²) in [7, 11) is 0. The lowest BCUT2D eigenvalue weighted by atomic mass is 9.88. The number of rotatable bonds is 5. The van der Waals surface area contributed by atoms with Crippen LogP contribution in [0.25, 0.3) is 0 Å². The molecule has 3 rings (SSSR count). The Hall–Kier alpha value is -1.59. The Bertz CT molecular complexity index is 520. The van der Waals surface area contributed by atoms with Gasteiger partial charge in [-0.25, -0.2) is 0 Å². The van der Waals surface area contributed by atoms with Crippen LogP contribution in [0.15, 0.2) is 24.3 Å². The number of carbonyl (C=O) groups excluding carboxylic acids is 1. The lowest BCUT2D eigenvalue weighted by Crippen LogP contribution is -2.36. The molecule has 1 saturated heterocycles. The minimum absolute atomic E-state index is 0.0960. The molecule has 2 aliphatic rings. The Kier molecular flexibility index (Phi) is 6.10. The zero-order chi connectivity index (χ0) is 16.8. The van der Waals surface area contributed by atoms with Gasteiger partial charge in [-0.2, -0.15) is 0 Å². The number of morpholine rings is 1. The molecule has 2 fully saturated rings. The Morgan fingerprint density at radius 3 is 2.50 bits per heavy atom. The van der Waals surface area contributed by atoms with Gasteiger partial charge in [-0.15, -0.1) is 0 Å². The molecule has 0 aromatic heterocycles. The van der Waals surface area contributed by atoms with Crippen molar-refractivity contribution in [3.63, 3.8) is 0 Å². The second-order valence-electron chi connectivity index (χ2n) is 6.79. The minimum atomic E-state index is -0.656. The summed E-state index contributed by atoms with van der Waals surface area (Å²) in [6.45, 7) is 3.61. The molecule has 1 atom stereocenters. The maximum Gasteiger partial charge on any atom is 0.223 e. The fourth-order valence-corrected chi connectivity index (χ4v) is 3.55. The van der Waals surface area contributed by atoms with Crippen LogP contribution < -0.4 is 10.2 Å². The van der Waals surface area contributed by atoms with E-state index in [1.807, 2.05) is 24.3 Å². The summed E-state index contributed by atoms with van der Waals surface area (Å²) in [6, 6.07) is 7.96. The van der Waals surface area contributed by atoms with Gasteiger partial charge in [0.05, 0.1) is 19.3 Å². The summed E-state index contributed by atoms with van der Waals surface area (Å²) in [6.07, 6.45) is 4.83. The molecule has 132 valence electrons. The number of ether oxygens (including phenoxy) is 1. The molecular weight excluding hydrogens is 304 g/mol. The van der Waals surface area contributed by atoms with Crippen molar-refractivity contribution in [2.75, 3.05) is 37.7 Å². The predicted molar refractivity (Wildman–Crippen MR) is 94.0 cm³/mol. The van der Waals surface area contributed by atoms with Gasteiger partial charge in [-0.3, -0.25) is 4.79 Å². The monoisotopic (exact) mass is 332 g/mol. The lowest BCUT2D eigenvalue weighted by molar-refractivity contribution is -0.126. The van der Waals surface area contributed by atoms with Gasteiger partial charge < -0.3 is 20.1 Å². The second kappa shape index (κ2) is 8.49. The van der Waals surface area contributed by atoms with E-state index >= 15 is 0 Å². The smallest absolute Gasteiger partial charge is 0.223 e. The van der Waals surface area contributed by atoms with Gasteiger partial charge in [0.2, 0.25) is 5.91 Å². The van der Waals surface area contributed by atoms with Crippen LogP contribution in [0.5, 0.6) is 0 Å². The van der Waals surface area contributed by atoms with Crippen LogP contribution in [0.3, 0.4) is 0 Å². The van der Waals surface area contributed by atoms with E-state index < -0.39 is 6.10 Å². The Balaban J connectivity index is 1.49. The maximum absolute atomic E-state index is 12.2. The second-order valence-corrected chi connectivity index (χ2v) is 6.79. The number of hydrogen-bond acceptors (Lipinski definition) is 4. The van der Waals surface area contributed by atoms with Gasteiger partial charge in [0.15, 0.2) is 0 Å². The zero-order valence-corrected chi connectivity index (χ0v) is 14.2. The summed E-state index contributed by atoms with van der Waals surface area (Å²) in [5.74, 6) is 0.230. The van der Waals surface area contributed by atoms with E-state index in [0.29, 0.717) is 0 Å². The molecule has 2 N–H and O–H groups in total. The van der Waals surface area contributed by atoms with Crippen LogP contribution in [0.1, 0.15) is 43.8 Å². The Morgan fingerprint density at radius 2 is 1.83 bits per heavy atom. The van der Waals surface area contributed by atoms with E-state index in [2.05, 4.69) is 10.2 Å². The highest BCUT2D eigenvalue weighted by Gasteiger charge is 2.21. The normalized spacial score (nSPS) is 20.6. The maximum atomic E-state index is 12.2. The molecule has 1 aromatic carbocycles. The van der Waals surface area contributed by atoms with Crippen molar-refractivity contribution in [2.24, 2.45) is 5.92 Å². The van der Waals surface area contributed by atoms with Gasteiger partial charge >= 0.3 is 0 Å². The van der Waals surface area contributed by atoms with Gasteiger partial charge in [-0.05, 0) is 30.5 Å². The number of amides is 1. The van der Waals surface area contributed by atoms with E-state index in [1.54, 1.807) is 0 Å². The van der Waals surface area contributed by atoms with E-state index in [1.165, 1.54) is 6.42 Å². The number of nitrogens with zero attached hydrogens (tertiary/aromatic N) is 1. The number of carbonyl (C=O) groups is 1. The first-order valence-electron chi connectivity index (χ1n) is 9.12. The van der Waals surface area contributed by atoms with Crippen molar-refractivity contribution in [1.29, 1.82) is 0 Å². The van der Waals surface area contributed by atoms with E-state index in [9.17, 15) is 9.90 Å². The first kappa shape index (κ1) is 17.2. The average molecular weight is 332 g/mol. The lowest BCUT2D eigenvalue weighted by Gasteiger charge is -2.29. The van der Waals surface area contributed by atoms with Gasteiger partial charge in [-0.1, -0.05) is 31.4 Å². The molecule has 1 aliphatic carbocycles. The van der Waals surface area contributed by atoms with Crippen molar-refractivity contribution in [2.45, 2.75) is 38.2 Å². The fraction of sp³-hybridized carbons (Fsp3) is 0.632. The minimum Gasteiger partial charge on any atom is -0.387 e. The summed E-state index contributed by atoms with van der Waals surface area (Å²) < 4.78 is 5.37. The third-order valence-corrected chi connectivity index (χ3v) is 5.10. The zero-order valence-electron chi connectivity index (χ0n) is 14.2. The molecule has 1 aromatic rings. The van der Waals surface area contributed by atoms with Crippen molar-refractivity contribution >= 4 is 11.6 Å². The molecule has 0 radical (unpaired) electrons. The quantitative estimate of drug-likeness (QED) is 0.868. The molecule has 1 saturated carbocycles. The third kappa shape index (κ3) is 4.48. The summed E-state index contributed by atoms with van der Waals surface area (Å²) >= 11 is 0. The fourth-order valence-electron chi connectivity index (χ4n) is 3.55. The van der Waals surface area contributed by atoms with Gasteiger partial charge in [0.25, 0.3) is 0 Å². The number of aliphatic hydroxyl groups is 1. The predicted octanol–water partition coefficient (Wildman–Crippen LogP) is 2.25. The molecule has 5 nitrogen and oxygen atoms in total. The average Bonchev–Trinajstić information content (AvgIpc) is 2.67. The SMILES string of the molecule is O=C(NCC(O)c1ccc(N2CCOCC2)cc1)C1CCCCC1. The largest absolute Gasteiger partial charge is 0.387 e. The van der Waals surface area contributed by atoms with Crippen molar-refractivity contribution in [1.82, 2.24) is 5.32 Å². The van der Waals surface area contributed by atoms with Gasteiger partial charge in [0.1, 0.15) is 0 Å². The standard InChI is InChI=1S/C19H28N2O3/c22-18(14-20-19(23)16-4-2-1-3-5-16)15-6-8-17(9-7-15)21-10-12-24-13-11-21/h6-9,16,18,22H,1-5,10-14H2,(H,20,23). The summed E-state index contributed by atoms with van der Waals surface area (Å²) in [5.41, 5.74) is 2.00. The van der Waals surface area contributed by atoms with Crippen molar-refractivity contribution in [3.05, 3.63) is 29.8 Å². The first-order valence-corrected chi connectivity index (χ1v) is 9.12. The molecule has 0 spiro atoms. The molecule has 1 aliphatic heterocycles. The molecule has 24 heavy (non-hydrogen) atoms. The third-order valence-electron chi connectivity index (χ3n) is 5.10. The highest BCUT2D eigenvalue weighted by molar-refractivity contribution is 5.78. The van der Waals surface area contributed by atoms with Crippen LogP contribution in [0.2, 0.25) is 0 Å². The van der Waals surface area contributed by atoms with Crippen molar-refractivity contribution < 1.29 is 14.6 Å². The van der Waals surface area contributed by atoms with Crippen LogP contribution in [0.4, 0.5) is 5.69 Å². The van der Waals surface area contributed by atoms with E-state index in [-0.39, 0.29) is 18.4 Å². The molecule has 5 heteroatoms. The van der Waals surface area contributed by atoms with Crippen LogP contribution >= 0.6 is 0 Å². The van der Waals surface area contributed by atoms with Crippen LogP contribution in [-0.4, -0.2) is 43.9 Å². The number of nitrogens with one attached hydrogen (secondary N) is 1.